The Hall–Kier alpha value is -2.85. The summed E-state index contributed by atoms with van der Waals surface area (Å²) in [6.45, 7) is 0. The number of thiophene rings is 1. The molecule has 0 saturated heterocycles. The molecule has 3 aromatic rings. The van der Waals surface area contributed by atoms with Gasteiger partial charge < -0.3 is 15.2 Å². The van der Waals surface area contributed by atoms with E-state index < -0.39 is 40.6 Å². The van der Waals surface area contributed by atoms with Crippen molar-refractivity contribution in [2.75, 3.05) is 12.4 Å². The predicted octanol–water partition coefficient (Wildman–Crippen LogP) is 5.55. The molecule has 0 aliphatic heterocycles. The molecule has 29 heavy (non-hydrogen) atoms. The van der Waals surface area contributed by atoms with Crippen LogP contribution in [0.3, 0.4) is 0 Å². The minimum Gasteiger partial charge on any atom is -0.491 e. The van der Waals surface area contributed by atoms with Gasteiger partial charge in [-0.25, -0.2) is 18.0 Å². The number of halogens is 4. The van der Waals surface area contributed by atoms with Gasteiger partial charge in [0, 0.05) is 21.5 Å². The van der Waals surface area contributed by atoms with Crippen LogP contribution in [0.5, 0.6) is 5.75 Å². The first-order valence-electron chi connectivity index (χ1n) is 7.88. The molecule has 0 saturated carbocycles. The van der Waals surface area contributed by atoms with E-state index in [1.807, 2.05) is 0 Å². The summed E-state index contributed by atoms with van der Waals surface area (Å²) in [4.78, 5) is 24.2. The number of ether oxygens (including phenoxy) is 1. The fourth-order valence-corrected chi connectivity index (χ4v) is 3.86. The van der Waals surface area contributed by atoms with E-state index >= 15 is 0 Å². The van der Waals surface area contributed by atoms with Crippen molar-refractivity contribution in [3.63, 3.8) is 0 Å². The summed E-state index contributed by atoms with van der Waals surface area (Å²) in [5, 5.41) is 13.2. The van der Waals surface area contributed by atoms with Crippen LogP contribution in [0.4, 0.5) is 18.2 Å². The summed E-state index contributed by atoms with van der Waals surface area (Å²) in [7, 11) is 0.966. The zero-order valence-corrected chi connectivity index (χ0v) is 17.0. The number of hydrogen-bond donors (Lipinski definition) is 2. The lowest BCUT2D eigenvalue weighted by Crippen LogP contribution is -2.18. The van der Waals surface area contributed by atoms with E-state index in [1.165, 1.54) is 5.38 Å². The summed E-state index contributed by atoms with van der Waals surface area (Å²) in [6.07, 6.45) is 0. The van der Waals surface area contributed by atoms with E-state index in [0.717, 1.165) is 22.9 Å². The van der Waals surface area contributed by atoms with Gasteiger partial charge in [0.1, 0.15) is 21.9 Å². The number of rotatable bonds is 5. The number of anilines is 1. The topological polar surface area (TPSA) is 75.6 Å². The highest BCUT2D eigenvalue weighted by atomic mass is 79.9. The number of amides is 1. The number of carboxylic acid groups (broad SMARTS) is 1. The summed E-state index contributed by atoms with van der Waals surface area (Å²) in [5.74, 6) is -7.80. The summed E-state index contributed by atoms with van der Waals surface area (Å²) < 4.78 is 47.2. The largest absolute Gasteiger partial charge is 0.491 e. The molecule has 5 nitrogen and oxygen atoms in total. The lowest BCUT2D eigenvalue weighted by atomic mass is 10.0. The van der Waals surface area contributed by atoms with Crippen molar-refractivity contribution in [3.05, 3.63) is 68.8 Å². The van der Waals surface area contributed by atoms with Crippen LogP contribution in [0, 0.1) is 17.5 Å². The second kappa shape index (κ2) is 8.26. The van der Waals surface area contributed by atoms with Crippen LogP contribution in [0.15, 0.2) is 40.2 Å². The molecular weight excluding hydrogens is 475 g/mol. The molecule has 0 unspecified atom stereocenters. The zero-order valence-electron chi connectivity index (χ0n) is 14.6. The molecule has 150 valence electrons. The number of carboxylic acids is 1. The number of nitrogens with one attached hydrogen (secondary N) is 1. The quantitative estimate of drug-likeness (QED) is 0.496. The van der Waals surface area contributed by atoms with E-state index in [9.17, 15) is 27.9 Å². The van der Waals surface area contributed by atoms with Crippen molar-refractivity contribution in [1.29, 1.82) is 0 Å². The lowest BCUT2D eigenvalue weighted by molar-refractivity contribution is 0.0699. The van der Waals surface area contributed by atoms with Crippen molar-refractivity contribution in [1.82, 2.24) is 0 Å². The number of carbonyl (C=O) groups is 2. The minimum atomic E-state index is -1.52. The van der Waals surface area contributed by atoms with Crippen molar-refractivity contribution in [2.24, 2.45) is 0 Å². The van der Waals surface area contributed by atoms with Gasteiger partial charge in [0.25, 0.3) is 5.91 Å². The van der Waals surface area contributed by atoms with Gasteiger partial charge in [-0.05, 0) is 17.7 Å². The van der Waals surface area contributed by atoms with E-state index in [1.54, 1.807) is 24.3 Å². The Balaban J connectivity index is 2.02. The van der Waals surface area contributed by atoms with Gasteiger partial charge in [-0.15, -0.1) is 11.3 Å². The van der Waals surface area contributed by atoms with E-state index in [0.29, 0.717) is 17.2 Å². The fourth-order valence-electron chi connectivity index (χ4n) is 2.64. The molecule has 10 heteroatoms. The molecule has 3 rings (SSSR count). The minimum absolute atomic E-state index is 0.123. The Morgan fingerprint density at radius 3 is 2.34 bits per heavy atom. The molecule has 0 bridgehead atoms. The Morgan fingerprint density at radius 1 is 1.10 bits per heavy atom. The van der Waals surface area contributed by atoms with Crippen molar-refractivity contribution >= 4 is 44.1 Å². The molecule has 0 aliphatic carbocycles. The molecule has 2 aromatic carbocycles. The highest BCUT2D eigenvalue weighted by Crippen LogP contribution is 2.37. The third-order valence-corrected chi connectivity index (χ3v) is 5.37. The predicted molar refractivity (Wildman–Crippen MR) is 105 cm³/mol. The van der Waals surface area contributed by atoms with E-state index in [-0.39, 0.29) is 10.6 Å². The molecule has 2 N–H and O–H groups in total. The molecule has 0 spiro atoms. The van der Waals surface area contributed by atoms with Gasteiger partial charge in [0.2, 0.25) is 0 Å². The maximum absolute atomic E-state index is 14.3. The second-order valence-electron chi connectivity index (χ2n) is 5.68. The first-order valence-corrected chi connectivity index (χ1v) is 9.55. The monoisotopic (exact) mass is 485 g/mol. The first kappa shape index (κ1) is 20.9. The molecule has 0 fully saturated rings. The maximum atomic E-state index is 14.3. The van der Waals surface area contributed by atoms with Crippen LogP contribution in [-0.4, -0.2) is 24.1 Å². The summed E-state index contributed by atoms with van der Waals surface area (Å²) in [6, 6.07) is 7.10. The highest BCUT2D eigenvalue weighted by molar-refractivity contribution is 9.10. The van der Waals surface area contributed by atoms with Gasteiger partial charge in [0.05, 0.1) is 7.11 Å². The Labute approximate surface area is 174 Å². The molecule has 0 radical (unpaired) electrons. The third kappa shape index (κ3) is 3.99. The fraction of sp³-hybridized carbons (Fsp3) is 0.0526. The van der Waals surface area contributed by atoms with Crippen molar-refractivity contribution in [2.45, 2.75) is 0 Å². The third-order valence-electron chi connectivity index (χ3n) is 3.95. The van der Waals surface area contributed by atoms with Crippen LogP contribution in [0.25, 0.3) is 11.1 Å². The summed E-state index contributed by atoms with van der Waals surface area (Å²) >= 11 is 4.16. The van der Waals surface area contributed by atoms with Crippen molar-refractivity contribution < 1.29 is 32.6 Å². The molecular formula is C19H11BrF3NO4S. The van der Waals surface area contributed by atoms with E-state index in [4.69, 9.17) is 0 Å². The standard InChI is InChI=1S/C19H11BrF3NO4S/c1-28-16-12(22)6-11(21)14(15(16)23)17(25)24-18-13(19(26)27)10(7-29-18)8-2-4-9(20)5-3-8/h2-7H,1H3,(H,24,25)(H,26,27). The average molecular weight is 486 g/mol. The number of benzene rings is 2. The Morgan fingerprint density at radius 2 is 1.76 bits per heavy atom. The Bertz CT molecular complexity index is 1120. The zero-order chi connectivity index (χ0) is 21.3. The van der Waals surface area contributed by atoms with Crippen molar-refractivity contribution in [3.8, 4) is 16.9 Å². The van der Waals surface area contributed by atoms with Gasteiger partial charge >= 0.3 is 5.97 Å². The van der Waals surface area contributed by atoms with Gasteiger partial charge in [-0.3, -0.25) is 4.79 Å². The smallest absolute Gasteiger partial charge is 0.339 e. The Kier molecular flexibility index (Phi) is 5.94. The average Bonchev–Trinajstić information content (AvgIpc) is 3.06. The van der Waals surface area contributed by atoms with Gasteiger partial charge in [-0.1, -0.05) is 28.1 Å². The summed E-state index contributed by atoms with van der Waals surface area (Å²) in [5.41, 5.74) is -0.426. The molecule has 1 heterocycles. The van der Waals surface area contributed by atoms with Crippen LogP contribution in [0.2, 0.25) is 0 Å². The van der Waals surface area contributed by atoms with Crippen LogP contribution < -0.4 is 10.1 Å². The maximum Gasteiger partial charge on any atom is 0.339 e. The molecule has 0 atom stereocenters. The second-order valence-corrected chi connectivity index (χ2v) is 7.48. The van der Waals surface area contributed by atoms with Crippen LogP contribution in [0.1, 0.15) is 20.7 Å². The molecule has 1 amide bonds. The van der Waals surface area contributed by atoms with Gasteiger partial charge in [0.15, 0.2) is 17.4 Å². The molecule has 1 aromatic heterocycles. The normalized spacial score (nSPS) is 10.7. The highest BCUT2D eigenvalue weighted by Gasteiger charge is 2.27. The van der Waals surface area contributed by atoms with Gasteiger partial charge in [-0.2, -0.15) is 0 Å². The number of aromatic carboxylic acids is 1. The first-order chi connectivity index (χ1) is 13.7. The van der Waals surface area contributed by atoms with E-state index in [2.05, 4.69) is 26.0 Å². The number of hydrogen-bond acceptors (Lipinski definition) is 4. The molecule has 0 aliphatic rings. The SMILES string of the molecule is COc1c(F)cc(F)c(C(=O)Nc2scc(-c3ccc(Br)cc3)c2C(=O)O)c1F. The van der Waals surface area contributed by atoms with Crippen LogP contribution >= 0.6 is 27.3 Å². The number of methoxy groups -OCH3 is 1. The number of carbonyl (C=O) groups excluding carboxylic acids is 1. The van der Waals surface area contributed by atoms with Crippen LogP contribution in [-0.2, 0) is 0 Å². The lowest BCUT2D eigenvalue weighted by Gasteiger charge is -2.10.